The van der Waals surface area contributed by atoms with Crippen LogP contribution in [0.3, 0.4) is 0 Å². The van der Waals surface area contributed by atoms with Gasteiger partial charge in [0.25, 0.3) is 0 Å². The first-order chi connectivity index (χ1) is 11.4. The van der Waals surface area contributed by atoms with Crippen LogP contribution >= 0.6 is 15.9 Å². The largest absolute Gasteiger partial charge is 0.505 e. The average molecular weight is 391 g/mol. The van der Waals surface area contributed by atoms with Crippen LogP contribution in [0.4, 0.5) is 5.69 Å². The van der Waals surface area contributed by atoms with Gasteiger partial charge in [0, 0.05) is 5.41 Å². The van der Waals surface area contributed by atoms with E-state index in [0.29, 0.717) is 5.75 Å². The van der Waals surface area contributed by atoms with E-state index < -0.39 is 0 Å². The minimum absolute atomic E-state index is 0.0469. The Balaban J connectivity index is 1.82. The Labute approximate surface area is 153 Å². The minimum Gasteiger partial charge on any atom is -0.505 e. The lowest BCUT2D eigenvalue weighted by molar-refractivity contribution is 0.423. The molecule has 24 heavy (non-hydrogen) atoms. The fourth-order valence-electron chi connectivity index (χ4n) is 3.91. The van der Waals surface area contributed by atoms with Gasteiger partial charge in [-0.2, -0.15) is 0 Å². The first-order valence-corrected chi connectivity index (χ1v) is 9.54. The molecule has 4 heteroatoms. The van der Waals surface area contributed by atoms with Crippen molar-refractivity contribution in [3.8, 4) is 5.75 Å². The molecular weight excluding hydrogens is 364 g/mol. The summed E-state index contributed by atoms with van der Waals surface area (Å²) >= 11 is 3.42. The van der Waals surface area contributed by atoms with Gasteiger partial charge in [0.2, 0.25) is 0 Å². The molecule has 2 atom stereocenters. The molecule has 130 valence electrons. The van der Waals surface area contributed by atoms with Crippen molar-refractivity contribution in [3.05, 3.63) is 45.5 Å². The molecule has 0 aromatic heterocycles. The van der Waals surface area contributed by atoms with E-state index in [1.54, 1.807) is 0 Å². The van der Waals surface area contributed by atoms with Crippen molar-refractivity contribution in [1.29, 1.82) is 0 Å². The van der Waals surface area contributed by atoms with Crippen LogP contribution in [0.2, 0.25) is 0 Å². The molecule has 1 fully saturated rings. The molecule has 0 aliphatic carbocycles. The Morgan fingerprint density at radius 1 is 1.33 bits per heavy atom. The minimum atomic E-state index is 0.0469. The van der Waals surface area contributed by atoms with E-state index in [2.05, 4.69) is 65.6 Å². The predicted molar refractivity (Wildman–Crippen MR) is 105 cm³/mol. The number of hydrogen-bond acceptors (Lipinski definition) is 3. The second-order valence-electron chi connectivity index (χ2n) is 7.33. The first-order valence-electron chi connectivity index (χ1n) is 8.75. The van der Waals surface area contributed by atoms with Gasteiger partial charge in [0.15, 0.2) is 5.75 Å². The second kappa shape index (κ2) is 6.93. The van der Waals surface area contributed by atoms with Gasteiger partial charge in [-0.05, 0) is 80.6 Å². The monoisotopic (exact) mass is 390 g/mol. The summed E-state index contributed by atoms with van der Waals surface area (Å²) in [5.74, 6) is 0.326. The molecule has 0 saturated carbocycles. The SMILES string of the molecule is CC(C)=CCCC(C)=CC[C@]12CCN[C@H]1Nc1c2ccc(Br)c1O. The zero-order valence-electron chi connectivity index (χ0n) is 14.7. The molecule has 3 N–H and O–H groups in total. The third-order valence-electron chi connectivity index (χ3n) is 5.33. The van der Waals surface area contributed by atoms with E-state index in [1.165, 1.54) is 16.7 Å². The van der Waals surface area contributed by atoms with Gasteiger partial charge in [0.1, 0.15) is 0 Å². The number of phenolic OH excluding ortho intramolecular Hbond substituents is 1. The Kier molecular flexibility index (Phi) is 5.07. The smallest absolute Gasteiger partial charge is 0.153 e. The van der Waals surface area contributed by atoms with Gasteiger partial charge in [-0.3, -0.25) is 5.32 Å². The van der Waals surface area contributed by atoms with Gasteiger partial charge in [-0.25, -0.2) is 0 Å². The number of aromatic hydroxyl groups is 1. The lowest BCUT2D eigenvalue weighted by Gasteiger charge is -2.28. The summed E-state index contributed by atoms with van der Waals surface area (Å²) in [6.07, 6.45) is 9.23. The Morgan fingerprint density at radius 2 is 2.12 bits per heavy atom. The molecule has 0 radical (unpaired) electrons. The molecule has 0 amide bonds. The highest BCUT2D eigenvalue weighted by molar-refractivity contribution is 9.10. The number of hydrogen-bond donors (Lipinski definition) is 3. The summed E-state index contributed by atoms with van der Waals surface area (Å²) in [6, 6.07) is 4.12. The number of benzene rings is 1. The summed E-state index contributed by atoms with van der Waals surface area (Å²) in [4.78, 5) is 0. The van der Waals surface area contributed by atoms with Crippen molar-refractivity contribution in [2.75, 3.05) is 11.9 Å². The zero-order chi connectivity index (χ0) is 17.3. The highest BCUT2D eigenvalue weighted by Gasteiger charge is 2.50. The maximum atomic E-state index is 10.4. The van der Waals surface area contributed by atoms with Gasteiger partial charge in [-0.1, -0.05) is 29.4 Å². The number of fused-ring (bicyclic) bond motifs is 3. The highest BCUT2D eigenvalue weighted by atomic mass is 79.9. The van der Waals surface area contributed by atoms with E-state index in [1.807, 2.05) is 6.07 Å². The summed E-state index contributed by atoms with van der Waals surface area (Å²) in [5, 5.41) is 17.4. The Morgan fingerprint density at radius 3 is 2.88 bits per heavy atom. The molecule has 3 nitrogen and oxygen atoms in total. The van der Waals surface area contributed by atoms with Gasteiger partial charge in [-0.15, -0.1) is 0 Å². The molecule has 0 unspecified atom stereocenters. The van der Waals surface area contributed by atoms with E-state index in [0.717, 1.165) is 42.4 Å². The molecule has 0 spiro atoms. The van der Waals surface area contributed by atoms with E-state index in [9.17, 15) is 5.11 Å². The summed E-state index contributed by atoms with van der Waals surface area (Å²) in [7, 11) is 0. The Hall–Kier alpha value is -1.26. The Bertz CT molecular complexity index is 691. The molecule has 1 saturated heterocycles. The van der Waals surface area contributed by atoms with Gasteiger partial charge < -0.3 is 10.4 Å². The van der Waals surface area contributed by atoms with Crippen LogP contribution in [0.5, 0.6) is 5.75 Å². The molecule has 3 rings (SSSR count). The van der Waals surface area contributed by atoms with Crippen molar-refractivity contribution >= 4 is 21.6 Å². The number of halogens is 1. The normalized spacial score (nSPS) is 25.2. The average Bonchev–Trinajstić information content (AvgIpc) is 3.05. The number of anilines is 1. The highest BCUT2D eigenvalue weighted by Crippen LogP contribution is 2.52. The summed E-state index contributed by atoms with van der Waals surface area (Å²) in [5.41, 5.74) is 5.01. The first kappa shape index (κ1) is 17.6. The van der Waals surface area contributed by atoms with Crippen molar-refractivity contribution in [2.24, 2.45) is 0 Å². The lowest BCUT2D eigenvalue weighted by atomic mass is 9.76. The molecule has 0 bridgehead atoms. The maximum absolute atomic E-state index is 10.4. The predicted octanol–water partition coefficient (Wildman–Crippen LogP) is 5.22. The van der Waals surface area contributed by atoms with Crippen LogP contribution in [0.25, 0.3) is 0 Å². The molecular formula is C20H27BrN2O. The van der Waals surface area contributed by atoms with Crippen LogP contribution in [0.1, 0.15) is 52.0 Å². The second-order valence-corrected chi connectivity index (χ2v) is 8.19. The third-order valence-corrected chi connectivity index (χ3v) is 5.97. The van der Waals surface area contributed by atoms with Gasteiger partial charge >= 0.3 is 0 Å². The summed E-state index contributed by atoms with van der Waals surface area (Å²) in [6.45, 7) is 7.55. The van der Waals surface area contributed by atoms with Crippen molar-refractivity contribution in [1.82, 2.24) is 5.32 Å². The van der Waals surface area contributed by atoms with E-state index >= 15 is 0 Å². The van der Waals surface area contributed by atoms with Crippen molar-refractivity contribution < 1.29 is 5.11 Å². The fourth-order valence-corrected chi connectivity index (χ4v) is 4.24. The van der Waals surface area contributed by atoms with Crippen LogP contribution in [0, 0.1) is 0 Å². The van der Waals surface area contributed by atoms with E-state index in [-0.39, 0.29) is 11.6 Å². The molecule has 1 aromatic rings. The topological polar surface area (TPSA) is 44.3 Å². The van der Waals surface area contributed by atoms with Crippen LogP contribution < -0.4 is 10.6 Å². The van der Waals surface area contributed by atoms with Crippen molar-refractivity contribution in [3.63, 3.8) is 0 Å². The molecule has 2 aliphatic rings. The van der Waals surface area contributed by atoms with Crippen LogP contribution in [-0.4, -0.2) is 17.8 Å². The fraction of sp³-hybridized carbons (Fsp3) is 0.500. The third kappa shape index (κ3) is 3.14. The van der Waals surface area contributed by atoms with Crippen LogP contribution in [0.15, 0.2) is 39.9 Å². The number of phenols is 1. The van der Waals surface area contributed by atoms with Crippen molar-refractivity contribution in [2.45, 2.75) is 58.0 Å². The quantitative estimate of drug-likeness (QED) is 0.476. The van der Waals surface area contributed by atoms with E-state index in [4.69, 9.17) is 0 Å². The van der Waals surface area contributed by atoms with Crippen LogP contribution in [-0.2, 0) is 5.41 Å². The standard InChI is InChI=1S/C20H27BrN2O/c1-13(2)5-4-6-14(3)9-10-20-11-12-22-19(20)23-17-15(20)7-8-16(21)18(17)24/h5,7-9,19,22-24H,4,6,10-12H2,1-3H3/t19-,20+/m0/s1. The molecule has 2 heterocycles. The summed E-state index contributed by atoms with van der Waals surface area (Å²) < 4.78 is 0.748. The molecule has 2 aliphatic heterocycles. The molecule has 1 aromatic carbocycles. The number of rotatable bonds is 5. The zero-order valence-corrected chi connectivity index (χ0v) is 16.3. The number of nitrogens with one attached hydrogen (secondary N) is 2. The van der Waals surface area contributed by atoms with Gasteiger partial charge in [0.05, 0.1) is 16.3 Å². The number of allylic oxidation sites excluding steroid dienone is 4. The lowest BCUT2D eigenvalue weighted by Crippen LogP contribution is -2.40. The maximum Gasteiger partial charge on any atom is 0.153 e.